The number of carboxylic acids is 1. The van der Waals surface area contributed by atoms with E-state index in [-0.39, 0.29) is 19.3 Å². The molecular formula is C11H8I3O4-. The van der Waals surface area contributed by atoms with Crippen LogP contribution in [0.15, 0.2) is 12.1 Å². The smallest absolute Gasteiger partial charge is 0.311 e. The topological polar surface area (TPSA) is 66.4 Å². The van der Waals surface area contributed by atoms with Crippen molar-refractivity contribution >= 4 is 79.7 Å². The van der Waals surface area contributed by atoms with Crippen LogP contribution in [-0.4, -0.2) is 11.9 Å². The molecule has 0 aromatic heterocycles. The number of esters is 1. The molecule has 0 atom stereocenters. The molecule has 0 aliphatic rings. The number of hydrogen-bond acceptors (Lipinski definition) is 4. The predicted molar refractivity (Wildman–Crippen MR) is 89.1 cm³/mol. The van der Waals surface area contributed by atoms with Crippen LogP contribution in [0.25, 0.3) is 0 Å². The Bertz CT molecular complexity index is 450. The third kappa shape index (κ3) is 5.55. The van der Waals surface area contributed by atoms with Crippen LogP contribution in [-0.2, 0) is 9.59 Å². The molecule has 0 radical (unpaired) electrons. The molecule has 1 rings (SSSR count). The summed E-state index contributed by atoms with van der Waals surface area (Å²) in [5.41, 5.74) is 0. The van der Waals surface area contributed by atoms with Crippen molar-refractivity contribution in [2.75, 3.05) is 0 Å². The molecule has 0 saturated carbocycles. The lowest BCUT2D eigenvalue weighted by molar-refractivity contribution is -0.305. The lowest BCUT2D eigenvalue weighted by Crippen LogP contribution is -2.22. The molecule has 0 bridgehead atoms. The van der Waals surface area contributed by atoms with Gasteiger partial charge in [-0.3, -0.25) is 4.79 Å². The average Bonchev–Trinajstić information content (AvgIpc) is 2.22. The van der Waals surface area contributed by atoms with Gasteiger partial charge in [0.15, 0.2) is 5.75 Å². The Morgan fingerprint density at radius 1 is 1.11 bits per heavy atom. The van der Waals surface area contributed by atoms with Gasteiger partial charge in [-0.2, -0.15) is 0 Å². The van der Waals surface area contributed by atoms with Crippen LogP contribution < -0.4 is 9.84 Å². The molecule has 0 heterocycles. The summed E-state index contributed by atoms with van der Waals surface area (Å²) in [5, 5.41) is 10.2. The molecule has 0 aliphatic heterocycles. The predicted octanol–water partition coefficient (Wildman–Crippen LogP) is 2.33. The van der Waals surface area contributed by atoms with Crippen molar-refractivity contribution in [2.45, 2.75) is 19.3 Å². The van der Waals surface area contributed by atoms with Gasteiger partial charge in [-0.1, -0.05) is 0 Å². The minimum absolute atomic E-state index is 0.0755. The summed E-state index contributed by atoms with van der Waals surface area (Å²) in [6, 6.07) is 3.82. The Hall–Kier alpha value is 0.350. The van der Waals surface area contributed by atoms with Crippen molar-refractivity contribution in [3.8, 4) is 5.75 Å². The highest BCUT2D eigenvalue weighted by Crippen LogP contribution is 2.29. The fourth-order valence-electron chi connectivity index (χ4n) is 1.17. The second-order valence-corrected chi connectivity index (χ2v) is 6.97. The van der Waals surface area contributed by atoms with E-state index in [9.17, 15) is 14.7 Å². The molecule has 0 fully saturated rings. The molecule has 4 nitrogen and oxygen atoms in total. The summed E-state index contributed by atoms with van der Waals surface area (Å²) in [7, 11) is 0. The number of carboxylic acid groups (broad SMARTS) is 1. The number of carbonyl (C=O) groups is 2. The maximum absolute atomic E-state index is 11.5. The Kier molecular flexibility index (Phi) is 7.13. The van der Waals surface area contributed by atoms with Gasteiger partial charge in [-0.15, -0.1) is 0 Å². The minimum Gasteiger partial charge on any atom is -0.550 e. The molecule has 0 unspecified atom stereocenters. The van der Waals surface area contributed by atoms with Crippen LogP contribution in [0.4, 0.5) is 0 Å². The Labute approximate surface area is 145 Å². The fraction of sp³-hybridized carbons (Fsp3) is 0.273. The summed E-state index contributed by atoms with van der Waals surface area (Å²) < 4.78 is 8.03. The van der Waals surface area contributed by atoms with Crippen LogP contribution in [0, 0.1) is 10.7 Å². The van der Waals surface area contributed by atoms with Gasteiger partial charge in [0.05, 0.1) is 7.14 Å². The van der Waals surface area contributed by atoms with Crippen LogP contribution in [0.5, 0.6) is 5.75 Å². The quantitative estimate of drug-likeness (QED) is 0.303. The molecular weight excluding hydrogens is 577 g/mol. The van der Waals surface area contributed by atoms with Crippen LogP contribution in [0.2, 0.25) is 0 Å². The third-order valence-electron chi connectivity index (χ3n) is 1.94. The van der Waals surface area contributed by atoms with E-state index >= 15 is 0 Å². The van der Waals surface area contributed by atoms with Crippen molar-refractivity contribution in [1.29, 1.82) is 0 Å². The third-order valence-corrected chi connectivity index (χ3v) is 4.17. The van der Waals surface area contributed by atoms with E-state index in [1.54, 1.807) is 0 Å². The number of aliphatic carboxylic acids is 1. The Balaban J connectivity index is 2.62. The first-order chi connectivity index (χ1) is 8.40. The van der Waals surface area contributed by atoms with Crippen LogP contribution >= 0.6 is 67.8 Å². The van der Waals surface area contributed by atoms with E-state index in [1.165, 1.54) is 0 Å². The molecule has 7 heteroatoms. The van der Waals surface area contributed by atoms with E-state index in [1.807, 2.05) is 12.1 Å². The highest BCUT2D eigenvalue weighted by molar-refractivity contribution is 14.1. The SMILES string of the molecule is O=C([O-])CCCC(=O)Oc1c(I)cc(I)cc1I. The summed E-state index contributed by atoms with van der Waals surface area (Å²) >= 11 is 6.39. The van der Waals surface area contributed by atoms with Gasteiger partial charge in [0.25, 0.3) is 0 Å². The van der Waals surface area contributed by atoms with Gasteiger partial charge in [0.1, 0.15) is 0 Å². The number of hydrogen-bond donors (Lipinski definition) is 0. The molecule has 0 aliphatic carbocycles. The van der Waals surface area contributed by atoms with Gasteiger partial charge in [0.2, 0.25) is 0 Å². The molecule has 0 spiro atoms. The molecule has 0 amide bonds. The standard InChI is InChI=1S/C11H9I3O4/c12-6-4-7(13)11(8(14)5-6)18-10(17)3-1-2-9(15)16/h4-5H,1-3H2,(H,15,16)/p-1. The number of rotatable bonds is 5. The fourth-order valence-corrected chi connectivity index (χ4v) is 4.97. The van der Waals surface area contributed by atoms with Crippen molar-refractivity contribution in [3.05, 3.63) is 22.8 Å². The lowest BCUT2D eigenvalue weighted by atomic mass is 10.2. The first-order valence-corrected chi connectivity index (χ1v) is 8.19. The van der Waals surface area contributed by atoms with Gasteiger partial charge in [0, 0.05) is 16.0 Å². The second-order valence-electron chi connectivity index (χ2n) is 3.40. The average molecular weight is 585 g/mol. The van der Waals surface area contributed by atoms with E-state index < -0.39 is 11.9 Å². The second kappa shape index (κ2) is 7.82. The molecule has 0 saturated heterocycles. The highest BCUT2D eigenvalue weighted by atomic mass is 127. The van der Waals surface area contributed by atoms with Crippen molar-refractivity contribution < 1.29 is 19.4 Å². The minimum atomic E-state index is -1.15. The normalized spacial score (nSPS) is 10.2. The number of ether oxygens (including phenoxy) is 1. The van der Waals surface area contributed by atoms with Crippen molar-refractivity contribution in [2.24, 2.45) is 0 Å². The van der Waals surface area contributed by atoms with Gasteiger partial charge in [-0.05, 0) is 92.7 Å². The van der Waals surface area contributed by atoms with Crippen molar-refractivity contribution in [1.82, 2.24) is 0 Å². The molecule has 1 aromatic carbocycles. The number of benzene rings is 1. The Morgan fingerprint density at radius 2 is 1.67 bits per heavy atom. The van der Waals surface area contributed by atoms with Crippen LogP contribution in [0.1, 0.15) is 19.3 Å². The highest BCUT2D eigenvalue weighted by Gasteiger charge is 2.12. The summed E-state index contributed by atoms with van der Waals surface area (Å²) in [6.07, 6.45) is 0.181. The molecule has 98 valence electrons. The molecule has 18 heavy (non-hydrogen) atoms. The maximum Gasteiger partial charge on any atom is 0.311 e. The zero-order valence-electron chi connectivity index (χ0n) is 9.04. The van der Waals surface area contributed by atoms with Gasteiger partial charge >= 0.3 is 5.97 Å². The number of halogens is 3. The van der Waals surface area contributed by atoms with E-state index in [0.717, 1.165) is 10.7 Å². The summed E-state index contributed by atoms with van der Waals surface area (Å²) in [6.45, 7) is 0. The first-order valence-electron chi connectivity index (χ1n) is 4.95. The summed E-state index contributed by atoms with van der Waals surface area (Å²) in [4.78, 5) is 21.8. The zero-order chi connectivity index (χ0) is 13.7. The maximum atomic E-state index is 11.5. The Morgan fingerprint density at radius 3 is 2.17 bits per heavy atom. The van der Waals surface area contributed by atoms with Gasteiger partial charge in [-0.25, -0.2) is 0 Å². The van der Waals surface area contributed by atoms with Crippen molar-refractivity contribution in [3.63, 3.8) is 0 Å². The number of carbonyl (C=O) groups excluding carboxylic acids is 2. The molecule has 1 aromatic rings. The van der Waals surface area contributed by atoms with E-state index in [2.05, 4.69) is 67.8 Å². The van der Waals surface area contributed by atoms with E-state index in [4.69, 9.17) is 4.74 Å². The van der Waals surface area contributed by atoms with Gasteiger partial charge < -0.3 is 14.6 Å². The first kappa shape index (κ1) is 16.4. The lowest BCUT2D eigenvalue weighted by Gasteiger charge is -2.09. The monoisotopic (exact) mass is 585 g/mol. The van der Waals surface area contributed by atoms with E-state index in [0.29, 0.717) is 5.75 Å². The zero-order valence-corrected chi connectivity index (χ0v) is 15.5. The molecule has 0 N–H and O–H groups in total. The summed E-state index contributed by atoms with van der Waals surface area (Å²) in [5.74, 6) is -1.04. The largest absolute Gasteiger partial charge is 0.550 e. The van der Waals surface area contributed by atoms with Crippen LogP contribution in [0.3, 0.4) is 0 Å².